The number of ketones is 1. The van der Waals surface area contributed by atoms with E-state index in [0.29, 0.717) is 25.1 Å². The van der Waals surface area contributed by atoms with Crippen molar-refractivity contribution in [1.82, 2.24) is 9.88 Å². The van der Waals surface area contributed by atoms with E-state index in [1.54, 1.807) is 29.4 Å². The maximum absolute atomic E-state index is 12.0. The summed E-state index contributed by atoms with van der Waals surface area (Å²) in [4.78, 5) is 29.0. The van der Waals surface area contributed by atoms with Crippen LogP contribution in [0.25, 0.3) is 0 Å². The Balaban J connectivity index is 2.09. The topological polar surface area (TPSA) is 50.3 Å². The van der Waals surface area contributed by atoms with Crippen molar-refractivity contribution in [2.45, 2.75) is 13.3 Å². The van der Waals surface area contributed by atoms with E-state index in [1.807, 2.05) is 6.92 Å². The highest BCUT2D eigenvalue weighted by Crippen LogP contribution is 2.14. The molecule has 84 valence electrons. The van der Waals surface area contributed by atoms with Gasteiger partial charge in [-0.3, -0.25) is 14.6 Å². The molecule has 1 atom stereocenters. The zero-order chi connectivity index (χ0) is 11.5. The van der Waals surface area contributed by atoms with E-state index in [2.05, 4.69) is 4.98 Å². The van der Waals surface area contributed by atoms with Gasteiger partial charge in [-0.05, 0) is 12.1 Å². The van der Waals surface area contributed by atoms with Crippen molar-refractivity contribution in [3.8, 4) is 0 Å². The molecule has 1 fully saturated rings. The number of rotatable bonds is 1. The number of Topliss-reactive ketones (excluding diaryl/α,β-unsaturated/α-hetero) is 1. The summed E-state index contributed by atoms with van der Waals surface area (Å²) in [6.45, 7) is 2.91. The zero-order valence-electron chi connectivity index (χ0n) is 9.22. The largest absolute Gasteiger partial charge is 0.337 e. The number of hydrogen-bond donors (Lipinski definition) is 0. The molecular weight excluding hydrogens is 204 g/mol. The number of carbonyl (C=O) groups is 2. The highest BCUT2D eigenvalue weighted by Gasteiger charge is 2.27. The number of carbonyl (C=O) groups excluding carboxylic acids is 2. The van der Waals surface area contributed by atoms with Gasteiger partial charge in [0.1, 0.15) is 5.78 Å². The van der Waals surface area contributed by atoms with E-state index in [4.69, 9.17) is 0 Å². The number of amides is 1. The maximum Gasteiger partial charge on any atom is 0.255 e. The number of pyridine rings is 1. The number of aromatic nitrogens is 1. The van der Waals surface area contributed by atoms with Crippen LogP contribution in [0.1, 0.15) is 23.7 Å². The Hall–Kier alpha value is -1.71. The van der Waals surface area contributed by atoms with E-state index >= 15 is 0 Å². The van der Waals surface area contributed by atoms with Crippen LogP contribution in [-0.4, -0.2) is 34.7 Å². The highest BCUT2D eigenvalue weighted by molar-refractivity contribution is 5.95. The predicted octanol–water partition coefficient (Wildman–Crippen LogP) is 1.13. The standard InChI is InChI=1S/C12H14N2O2/c1-9-8-14(6-4-11(9)15)12(16)10-3-2-5-13-7-10/h2-3,5,7,9H,4,6,8H2,1H3. The number of likely N-dealkylation sites (tertiary alicyclic amines) is 1. The molecule has 1 aromatic heterocycles. The molecule has 16 heavy (non-hydrogen) atoms. The molecule has 1 unspecified atom stereocenters. The molecule has 0 saturated carbocycles. The minimum atomic E-state index is -0.0469. The second kappa shape index (κ2) is 4.43. The summed E-state index contributed by atoms with van der Waals surface area (Å²) in [5.41, 5.74) is 0.587. The van der Waals surface area contributed by atoms with Crippen LogP contribution < -0.4 is 0 Å². The molecule has 4 nitrogen and oxygen atoms in total. The quantitative estimate of drug-likeness (QED) is 0.710. The first-order valence-corrected chi connectivity index (χ1v) is 5.40. The zero-order valence-corrected chi connectivity index (χ0v) is 9.22. The van der Waals surface area contributed by atoms with Gasteiger partial charge in [0.15, 0.2) is 0 Å². The predicted molar refractivity (Wildman–Crippen MR) is 58.9 cm³/mol. The van der Waals surface area contributed by atoms with Gasteiger partial charge in [-0.25, -0.2) is 0 Å². The molecule has 1 aliphatic heterocycles. The van der Waals surface area contributed by atoms with Crippen LogP contribution in [0.4, 0.5) is 0 Å². The van der Waals surface area contributed by atoms with Crippen LogP contribution >= 0.6 is 0 Å². The summed E-state index contributed by atoms with van der Waals surface area (Å²) in [5.74, 6) is 0.164. The first-order chi connectivity index (χ1) is 7.68. The van der Waals surface area contributed by atoms with Crippen molar-refractivity contribution in [3.63, 3.8) is 0 Å². The molecule has 4 heteroatoms. The Labute approximate surface area is 94.3 Å². The molecule has 0 aliphatic carbocycles. The third-order valence-electron chi connectivity index (χ3n) is 2.87. The number of piperidine rings is 1. The van der Waals surface area contributed by atoms with Gasteiger partial charge in [0.2, 0.25) is 0 Å². The van der Waals surface area contributed by atoms with Crippen molar-refractivity contribution in [1.29, 1.82) is 0 Å². The van der Waals surface area contributed by atoms with Gasteiger partial charge in [-0.15, -0.1) is 0 Å². The molecule has 1 saturated heterocycles. The smallest absolute Gasteiger partial charge is 0.255 e. The van der Waals surface area contributed by atoms with Crippen LogP contribution in [0.2, 0.25) is 0 Å². The SMILES string of the molecule is CC1CN(C(=O)c2cccnc2)CCC1=O. The monoisotopic (exact) mass is 218 g/mol. The van der Waals surface area contributed by atoms with Gasteiger partial charge in [0.25, 0.3) is 5.91 Å². The molecule has 2 rings (SSSR count). The highest BCUT2D eigenvalue weighted by atomic mass is 16.2. The Morgan fingerprint density at radius 3 is 3.00 bits per heavy atom. The summed E-state index contributed by atoms with van der Waals surface area (Å²) in [7, 11) is 0. The fourth-order valence-corrected chi connectivity index (χ4v) is 1.87. The lowest BCUT2D eigenvalue weighted by molar-refractivity contribution is -0.124. The van der Waals surface area contributed by atoms with Crippen molar-refractivity contribution in [3.05, 3.63) is 30.1 Å². The Kier molecular flexibility index (Phi) is 2.99. The normalized spacial score (nSPS) is 20.9. The van der Waals surface area contributed by atoms with Gasteiger partial charge in [0, 0.05) is 37.8 Å². The average Bonchev–Trinajstić information content (AvgIpc) is 2.33. The van der Waals surface area contributed by atoms with E-state index in [9.17, 15) is 9.59 Å². The summed E-state index contributed by atoms with van der Waals surface area (Å²) < 4.78 is 0. The first-order valence-electron chi connectivity index (χ1n) is 5.40. The Morgan fingerprint density at radius 1 is 1.56 bits per heavy atom. The average molecular weight is 218 g/mol. The van der Waals surface area contributed by atoms with Crippen molar-refractivity contribution in [2.24, 2.45) is 5.92 Å². The number of nitrogens with zero attached hydrogens (tertiary/aromatic N) is 2. The third-order valence-corrected chi connectivity index (χ3v) is 2.87. The van der Waals surface area contributed by atoms with Gasteiger partial charge in [0.05, 0.1) is 5.56 Å². The van der Waals surface area contributed by atoms with E-state index < -0.39 is 0 Å². The minimum absolute atomic E-state index is 0.0348. The minimum Gasteiger partial charge on any atom is -0.337 e. The maximum atomic E-state index is 12.0. The molecule has 0 radical (unpaired) electrons. The third kappa shape index (κ3) is 2.10. The lowest BCUT2D eigenvalue weighted by Crippen LogP contribution is -2.43. The first kappa shape index (κ1) is 10.8. The fourth-order valence-electron chi connectivity index (χ4n) is 1.87. The molecule has 0 N–H and O–H groups in total. The Bertz CT molecular complexity index is 403. The Morgan fingerprint density at radius 2 is 2.38 bits per heavy atom. The van der Waals surface area contributed by atoms with Gasteiger partial charge in [-0.2, -0.15) is 0 Å². The molecule has 0 spiro atoms. The molecule has 1 amide bonds. The van der Waals surface area contributed by atoms with Crippen molar-refractivity contribution < 1.29 is 9.59 Å². The van der Waals surface area contributed by atoms with E-state index in [-0.39, 0.29) is 17.6 Å². The van der Waals surface area contributed by atoms with Crippen molar-refractivity contribution in [2.75, 3.05) is 13.1 Å². The van der Waals surface area contributed by atoms with Crippen LogP contribution in [0.3, 0.4) is 0 Å². The molecule has 1 aliphatic rings. The second-order valence-corrected chi connectivity index (χ2v) is 4.11. The van der Waals surface area contributed by atoms with Crippen LogP contribution in [0, 0.1) is 5.92 Å². The van der Waals surface area contributed by atoms with E-state index in [0.717, 1.165) is 0 Å². The lowest BCUT2D eigenvalue weighted by Gasteiger charge is -2.29. The van der Waals surface area contributed by atoms with Gasteiger partial charge < -0.3 is 4.90 Å². The van der Waals surface area contributed by atoms with Crippen LogP contribution in [0.15, 0.2) is 24.5 Å². The summed E-state index contributed by atoms with van der Waals surface area (Å²) in [6, 6.07) is 3.49. The molecular formula is C12H14N2O2. The number of hydrogen-bond acceptors (Lipinski definition) is 3. The molecule has 0 aromatic carbocycles. The molecule has 0 bridgehead atoms. The lowest BCUT2D eigenvalue weighted by atomic mass is 9.98. The van der Waals surface area contributed by atoms with E-state index in [1.165, 1.54) is 0 Å². The summed E-state index contributed by atoms with van der Waals surface area (Å²) in [5, 5.41) is 0. The van der Waals surface area contributed by atoms with Crippen LogP contribution in [0.5, 0.6) is 0 Å². The summed E-state index contributed by atoms with van der Waals surface area (Å²) in [6.07, 6.45) is 3.66. The summed E-state index contributed by atoms with van der Waals surface area (Å²) >= 11 is 0. The second-order valence-electron chi connectivity index (χ2n) is 4.11. The van der Waals surface area contributed by atoms with Gasteiger partial charge in [-0.1, -0.05) is 6.92 Å². The molecule has 1 aromatic rings. The van der Waals surface area contributed by atoms with Crippen LogP contribution in [-0.2, 0) is 4.79 Å². The fraction of sp³-hybridized carbons (Fsp3) is 0.417. The van der Waals surface area contributed by atoms with Crippen molar-refractivity contribution >= 4 is 11.7 Å². The van der Waals surface area contributed by atoms with Gasteiger partial charge >= 0.3 is 0 Å². The molecule has 2 heterocycles.